The molecule has 0 bridgehead atoms. The Morgan fingerprint density at radius 1 is 1.08 bits per heavy atom. The summed E-state index contributed by atoms with van der Waals surface area (Å²) in [6.07, 6.45) is 0.961. The first-order valence-electron chi connectivity index (χ1n) is 8.24. The number of sulfonamides is 1. The first-order chi connectivity index (χ1) is 11.8. The Bertz CT molecular complexity index is 802. The number of rotatable bonds is 7. The van der Waals surface area contributed by atoms with Gasteiger partial charge in [-0.3, -0.25) is 4.79 Å². The van der Waals surface area contributed by atoms with Crippen molar-refractivity contribution in [1.29, 1.82) is 0 Å². The highest BCUT2D eigenvalue weighted by Crippen LogP contribution is 2.15. The molecule has 0 saturated heterocycles. The van der Waals surface area contributed by atoms with Crippen molar-refractivity contribution in [3.63, 3.8) is 0 Å². The highest BCUT2D eigenvalue weighted by Gasteiger charge is 2.23. The van der Waals surface area contributed by atoms with Gasteiger partial charge in [-0.25, -0.2) is 8.42 Å². The number of aryl methyl sites for hydroxylation is 1. The standard InChI is InChI=1S/C19H24N2O3S/c1-4-16-10-12-17(13-11-16)15(2)20-19(22)14-21(3)25(23,24)18-8-6-5-7-9-18/h5-13,15H,4,14H2,1-3H3,(H,20,22)/t15-/m1/s1. The first-order valence-corrected chi connectivity index (χ1v) is 9.68. The van der Waals surface area contributed by atoms with Crippen LogP contribution < -0.4 is 5.32 Å². The molecule has 0 unspecified atom stereocenters. The number of amides is 1. The summed E-state index contributed by atoms with van der Waals surface area (Å²) < 4.78 is 25.9. The average molecular weight is 360 g/mol. The molecule has 5 nitrogen and oxygen atoms in total. The van der Waals surface area contributed by atoms with E-state index in [1.165, 1.54) is 24.7 Å². The molecule has 0 spiro atoms. The number of carbonyl (C=O) groups is 1. The largest absolute Gasteiger partial charge is 0.348 e. The molecule has 0 aliphatic rings. The summed E-state index contributed by atoms with van der Waals surface area (Å²) in [6.45, 7) is 3.74. The van der Waals surface area contributed by atoms with Crippen LogP contribution in [0.2, 0.25) is 0 Å². The summed E-state index contributed by atoms with van der Waals surface area (Å²) in [5.74, 6) is -0.339. The number of hydrogen-bond acceptors (Lipinski definition) is 3. The minimum Gasteiger partial charge on any atom is -0.348 e. The molecule has 0 aliphatic heterocycles. The van der Waals surface area contributed by atoms with E-state index in [4.69, 9.17) is 0 Å². The van der Waals surface area contributed by atoms with Crippen molar-refractivity contribution in [3.05, 3.63) is 65.7 Å². The third kappa shape index (κ3) is 4.90. The van der Waals surface area contributed by atoms with Crippen molar-refractivity contribution in [1.82, 2.24) is 9.62 Å². The molecule has 0 aliphatic carbocycles. The van der Waals surface area contributed by atoms with E-state index in [-0.39, 0.29) is 23.4 Å². The fraction of sp³-hybridized carbons (Fsp3) is 0.316. The van der Waals surface area contributed by atoms with Crippen LogP contribution in [0.3, 0.4) is 0 Å². The van der Waals surface area contributed by atoms with E-state index >= 15 is 0 Å². The summed E-state index contributed by atoms with van der Waals surface area (Å²) in [5.41, 5.74) is 2.22. The molecule has 0 fully saturated rings. The van der Waals surface area contributed by atoms with Crippen molar-refractivity contribution in [2.45, 2.75) is 31.2 Å². The van der Waals surface area contributed by atoms with Gasteiger partial charge in [0, 0.05) is 7.05 Å². The summed E-state index contributed by atoms with van der Waals surface area (Å²) in [5, 5.41) is 2.84. The molecule has 0 radical (unpaired) electrons. The number of benzene rings is 2. The van der Waals surface area contributed by atoms with Gasteiger partial charge < -0.3 is 5.32 Å². The van der Waals surface area contributed by atoms with Gasteiger partial charge in [-0.15, -0.1) is 0 Å². The molecule has 134 valence electrons. The Labute approximate surface area is 149 Å². The van der Waals surface area contributed by atoms with Crippen LogP contribution >= 0.6 is 0 Å². The molecule has 0 saturated carbocycles. The molecule has 1 amide bonds. The number of likely N-dealkylation sites (N-methyl/N-ethyl adjacent to an activating group) is 1. The van der Waals surface area contributed by atoms with E-state index in [1.54, 1.807) is 18.2 Å². The van der Waals surface area contributed by atoms with Crippen LogP contribution in [-0.4, -0.2) is 32.2 Å². The van der Waals surface area contributed by atoms with Gasteiger partial charge in [0.2, 0.25) is 15.9 Å². The maximum absolute atomic E-state index is 12.4. The maximum atomic E-state index is 12.4. The zero-order valence-electron chi connectivity index (χ0n) is 14.8. The predicted molar refractivity (Wildman–Crippen MR) is 98.6 cm³/mol. The van der Waals surface area contributed by atoms with Crippen LogP contribution in [0, 0.1) is 0 Å². The van der Waals surface area contributed by atoms with E-state index in [0.717, 1.165) is 16.3 Å². The van der Waals surface area contributed by atoms with Gasteiger partial charge in [-0.1, -0.05) is 49.4 Å². The van der Waals surface area contributed by atoms with Crippen molar-refractivity contribution in [3.8, 4) is 0 Å². The van der Waals surface area contributed by atoms with Gasteiger partial charge in [-0.05, 0) is 36.6 Å². The van der Waals surface area contributed by atoms with E-state index < -0.39 is 10.0 Å². The van der Waals surface area contributed by atoms with Gasteiger partial charge >= 0.3 is 0 Å². The fourth-order valence-electron chi connectivity index (χ4n) is 2.47. The Balaban J connectivity index is 1.99. The second-order valence-corrected chi connectivity index (χ2v) is 8.00. The van der Waals surface area contributed by atoms with Gasteiger partial charge in [0.15, 0.2) is 0 Å². The summed E-state index contributed by atoms with van der Waals surface area (Å²) in [4.78, 5) is 12.4. The second-order valence-electron chi connectivity index (χ2n) is 5.96. The van der Waals surface area contributed by atoms with E-state index in [2.05, 4.69) is 12.2 Å². The van der Waals surface area contributed by atoms with Gasteiger partial charge in [-0.2, -0.15) is 4.31 Å². The molecule has 2 aromatic carbocycles. The molecule has 1 N–H and O–H groups in total. The van der Waals surface area contributed by atoms with Gasteiger partial charge in [0.1, 0.15) is 0 Å². The van der Waals surface area contributed by atoms with E-state index in [9.17, 15) is 13.2 Å². The quantitative estimate of drug-likeness (QED) is 0.826. The van der Waals surface area contributed by atoms with Gasteiger partial charge in [0.05, 0.1) is 17.5 Å². The van der Waals surface area contributed by atoms with Crippen molar-refractivity contribution in [2.24, 2.45) is 0 Å². The molecule has 6 heteroatoms. The topological polar surface area (TPSA) is 66.5 Å². The zero-order valence-corrected chi connectivity index (χ0v) is 15.6. The van der Waals surface area contributed by atoms with Crippen molar-refractivity contribution < 1.29 is 13.2 Å². The van der Waals surface area contributed by atoms with Crippen LogP contribution in [0.25, 0.3) is 0 Å². The first kappa shape index (κ1) is 19.1. The van der Waals surface area contributed by atoms with E-state index in [0.29, 0.717) is 0 Å². The Kier molecular flexibility index (Phi) is 6.33. The predicted octanol–water partition coefficient (Wildman–Crippen LogP) is 2.75. The number of carbonyl (C=O) groups excluding carboxylic acids is 1. The summed E-state index contributed by atoms with van der Waals surface area (Å²) in [6, 6.07) is 15.9. The number of nitrogens with one attached hydrogen (secondary N) is 1. The summed E-state index contributed by atoms with van der Waals surface area (Å²) in [7, 11) is -2.27. The minimum absolute atomic E-state index is 0.175. The van der Waals surface area contributed by atoms with Crippen LogP contribution in [0.5, 0.6) is 0 Å². The minimum atomic E-state index is -3.67. The van der Waals surface area contributed by atoms with Crippen LogP contribution in [0.1, 0.15) is 31.0 Å². The lowest BCUT2D eigenvalue weighted by Gasteiger charge is -2.19. The Morgan fingerprint density at radius 2 is 1.68 bits per heavy atom. The second kappa shape index (κ2) is 8.27. The molecule has 0 heterocycles. The van der Waals surface area contributed by atoms with Crippen molar-refractivity contribution in [2.75, 3.05) is 13.6 Å². The molecule has 0 aromatic heterocycles. The molecular formula is C19H24N2O3S. The van der Waals surface area contributed by atoms with E-state index in [1.807, 2.05) is 31.2 Å². The monoisotopic (exact) mass is 360 g/mol. The fourth-order valence-corrected chi connectivity index (χ4v) is 3.62. The molecule has 1 atom stereocenters. The summed E-state index contributed by atoms with van der Waals surface area (Å²) >= 11 is 0. The Morgan fingerprint density at radius 3 is 2.24 bits per heavy atom. The Hall–Kier alpha value is -2.18. The molecule has 2 aromatic rings. The molecule has 2 rings (SSSR count). The molecular weight excluding hydrogens is 336 g/mol. The zero-order chi connectivity index (χ0) is 18.4. The lowest BCUT2D eigenvalue weighted by Crippen LogP contribution is -2.39. The highest BCUT2D eigenvalue weighted by molar-refractivity contribution is 7.89. The van der Waals surface area contributed by atoms with Crippen molar-refractivity contribution >= 4 is 15.9 Å². The average Bonchev–Trinajstić information content (AvgIpc) is 2.62. The number of nitrogens with zero attached hydrogens (tertiary/aromatic N) is 1. The SMILES string of the molecule is CCc1ccc([C@@H](C)NC(=O)CN(C)S(=O)(=O)c2ccccc2)cc1. The van der Waals surface area contributed by atoms with Crippen LogP contribution in [0.15, 0.2) is 59.5 Å². The number of hydrogen-bond donors (Lipinski definition) is 1. The smallest absolute Gasteiger partial charge is 0.243 e. The van der Waals surface area contributed by atoms with Crippen LogP contribution in [-0.2, 0) is 21.2 Å². The lowest BCUT2D eigenvalue weighted by molar-refractivity contribution is -0.121. The normalized spacial score (nSPS) is 12.8. The molecule has 25 heavy (non-hydrogen) atoms. The third-order valence-corrected chi connectivity index (χ3v) is 5.90. The highest BCUT2D eigenvalue weighted by atomic mass is 32.2. The van der Waals surface area contributed by atoms with Gasteiger partial charge in [0.25, 0.3) is 0 Å². The third-order valence-electron chi connectivity index (χ3n) is 4.08. The van der Waals surface area contributed by atoms with Crippen LogP contribution in [0.4, 0.5) is 0 Å². The lowest BCUT2D eigenvalue weighted by atomic mass is 10.1. The maximum Gasteiger partial charge on any atom is 0.243 e.